The Bertz CT molecular complexity index is 1440. The van der Waals surface area contributed by atoms with Crippen LogP contribution in [0.15, 0.2) is 69.5 Å². The van der Waals surface area contributed by atoms with Crippen LogP contribution in [0.4, 0.5) is 13.2 Å². The summed E-state index contributed by atoms with van der Waals surface area (Å²) in [5, 5.41) is 11.5. The zero-order valence-electron chi connectivity index (χ0n) is 20.9. The molecule has 0 saturated heterocycles. The van der Waals surface area contributed by atoms with Gasteiger partial charge in [-0.1, -0.05) is 30.3 Å². The number of nitrogens with zero attached hydrogens (tertiary/aromatic N) is 1. The number of aromatic nitrogens is 1. The maximum absolute atomic E-state index is 12.8. The number of aliphatic carboxylic acids is 1. The molecule has 0 bridgehead atoms. The van der Waals surface area contributed by atoms with E-state index in [1.807, 2.05) is 37.3 Å². The Labute approximate surface area is 221 Å². The number of carboxylic acids is 1. The van der Waals surface area contributed by atoms with Crippen LogP contribution in [0.25, 0.3) is 11.5 Å². The highest BCUT2D eigenvalue weighted by atomic mass is 19.4. The number of carbonyl (C=O) groups is 2. The van der Waals surface area contributed by atoms with E-state index in [-0.39, 0.29) is 26.0 Å². The lowest BCUT2D eigenvalue weighted by Gasteiger charge is -2.14. The number of furan rings is 1. The van der Waals surface area contributed by atoms with Crippen LogP contribution < -0.4 is 10.1 Å². The molecule has 2 heterocycles. The molecule has 4 rings (SSSR count). The summed E-state index contributed by atoms with van der Waals surface area (Å²) >= 11 is 0. The van der Waals surface area contributed by atoms with Crippen LogP contribution >= 0.6 is 0 Å². The van der Waals surface area contributed by atoms with Gasteiger partial charge in [0.05, 0.1) is 12.3 Å². The van der Waals surface area contributed by atoms with E-state index in [0.29, 0.717) is 41.0 Å². The number of hydrogen-bond acceptors (Lipinski definition) is 6. The van der Waals surface area contributed by atoms with Crippen LogP contribution in [0.1, 0.15) is 45.3 Å². The number of halogens is 3. The third kappa shape index (κ3) is 7.28. The number of amides is 1. The van der Waals surface area contributed by atoms with E-state index in [1.165, 1.54) is 0 Å². The first kappa shape index (κ1) is 27.5. The van der Waals surface area contributed by atoms with E-state index < -0.39 is 29.6 Å². The van der Waals surface area contributed by atoms with E-state index in [0.717, 1.165) is 17.3 Å². The Hall–Kier alpha value is -4.54. The van der Waals surface area contributed by atoms with Crippen molar-refractivity contribution in [3.63, 3.8) is 0 Å². The van der Waals surface area contributed by atoms with Crippen LogP contribution in [0.3, 0.4) is 0 Å². The minimum atomic E-state index is -4.71. The lowest BCUT2D eigenvalue weighted by atomic mass is 10.1. The molecule has 2 aromatic heterocycles. The minimum absolute atomic E-state index is 0.0850. The molecule has 0 saturated carbocycles. The SMILES string of the molecule is Cc1oc(-c2ccccc2)nc1CCOc1ccc(CCC(=O)O)cc1CNC(=O)c1ccc(C(F)(F)F)o1. The molecule has 11 heteroatoms. The van der Waals surface area contributed by atoms with Gasteiger partial charge in [-0.25, -0.2) is 4.98 Å². The summed E-state index contributed by atoms with van der Waals surface area (Å²) in [5.41, 5.74) is 2.80. The molecule has 0 radical (unpaired) electrons. The topological polar surface area (TPSA) is 115 Å². The Morgan fingerprint density at radius 2 is 1.79 bits per heavy atom. The van der Waals surface area contributed by atoms with Crippen molar-refractivity contribution >= 4 is 11.9 Å². The summed E-state index contributed by atoms with van der Waals surface area (Å²) in [6.45, 7) is 1.95. The van der Waals surface area contributed by atoms with Gasteiger partial charge < -0.3 is 24.0 Å². The second-order valence-corrected chi connectivity index (χ2v) is 8.67. The summed E-state index contributed by atoms with van der Waals surface area (Å²) < 4.78 is 54.8. The molecule has 0 aliphatic heterocycles. The van der Waals surface area contributed by atoms with Gasteiger partial charge in [0, 0.05) is 30.5 Å². The van der Waals surface area contributed by atoms with Gasteiger partial charge in [-0.15, -0.1) is 0 Å². The maximum Gasteiger partial charge on any atom is 0.449 e. The summed E-state index contributed by atoms with van der Waals surface area (Å²) in [6, 6.07) is 16.2. The average molecular weight is 543 g/mol. The Morgan fingerprint density at radius 1 is 1.03 bits per heavy atom. The van der Waals surface area contributed by atoms with Crippen molar-refractivity contribution in [2.24, 2.45) is 0 Å². The first-order chi connectivity index (χ1) is 18.6. The van der Waals surface area contributed by atoms with Gasteiger partial charge in [0.25, 0.3) is 5.91 Å². The smallest absolute Gasteiger partial charge is 0.449 e. The van der Waals surface area contributed by atoms with E-state index in [2.05, 4.69) is 14.7 Å². The number of carbonyl (C=O) groups excluding carboxylic acids is 1. The number of rotatable bonds is 11. The lowest BCUT2D eigenvalue weighted by Crippen LogP contribution is -2.23. The van der Waals surface area contributed by atoms with Gasteiger partial charge in [-0.05, 0) is 49.2 Å². The molecule has 4 aromatic rings. The van der Waals surface area contributed by atoms with Gasteiger partial charge in [0.2, 0.25) is 11.7 Å². The predicted molar refractivity (Wildman–Crippen MR) is 133 cm³/mol. The highest BCUT2D eigenvalue weighted by molar-refractivity contribution is 5.91. The first-order valence-electron chi connectivity index (χ1n) is 12.0. The van der Waals surface area contributed by atoms with Gasteiger partial charge in [-0.3, -0.25) is 9.59 Å². The fourth-order valence-corrected chi connectivity index (χ4v) is 3.82. The minimum Gasteiger partial charge on any atom is -0.493 e. The Morgan fingerprint density at radius 3 is 2.49 bits per heavy atom. The largest absolute Gasteiger partial charge is 0.493 e. The molecule has 204 valence electrons. The number of oxazole rings is 1. The van der Waals surface area contributed by atoms with Gasteiger partial charge >= 0.3 is 12.1 Å². The van der Waals surface area contributed by atoms with Gasteiger partial charge in [-0.2, -0.15) is 13.2 Å². The third-order valence-corrected chi connectivity index (χ3v) is 5.81. The normalized spacial score (nSPS) is 11.4. The quantitative estimate of drug-likeness (QED) is 0.245. The standard InChI is InChI=1S/C28H25F3N2O6/c1-17-21(33-27(38-17)19-5-3-2-4-6-19)13-14-37-22-9-7-18(8-12-25(34)35)15-20(22)16-32-26(36)23-10-11-24(39-23)28(29,30)31/h2-7,9-11,15H,8,12-14,16H2,1H3,(H,32,36)(H,34,35). The van der Waals surface area contributed by atoms with Crippen molar-refractivity contribution in [2.45, 2.75) is 38.9 Å². The molecule has 0 aliphatic rings. The molecule has 0 fully saturated rings. The molecule has 2 aromatic carbocycles. The number of hydrogen-bond donors (Lipinski definition) is 2. The molecule has 0 atom stereocenters. The van der Waals surface area contributed by atoms with E-state index in [1.54, 1.807) is 18.2 Å². The highest BCUT2D eigenvalue weighted by Crippen LogP contribution is 2.30. The molecule has 39 heavy (non-hydrogen) atoms. The van der Waals surface area contributed by atoms with Crippen LogP contribution in [0.2, 0.25) is 0 Å². The van der Waals surface area contributed by atoms with Crippen molar-refractivity contribution in [2.75, 3.05) is 6.61 Å². The van der Waals surface area contributed by atoms with Crippen LogP contribution in [-0.4, -0.2) is 28.6 Å². The van der Waals surface area contributed by atoms with Crippen molar-refractivity contribution in [1.82, 2.24) is 10.3 Å². The first-order valence-corrected chi connectivity index (χ1v) is 12.0. The molecule has 1 amide bonds. The average Bonchev–Trinajstić information content (AvgIpc) is 3.55. The maximum atomic E-state index is 12.8. The van der Waals surface area contributed by atoms with E-state index >= 15 is 0 Å². The molecule has 0 unspecified atom stereocenters. The number of benzene rings is 2. The Balaban J connectivity index is 1.44. The molecule has 8 nitrogen and oxygen atoms in total. The van der Waals surface area contributed by atoms with Crippen LogP contribution in [0, 0.1) is 6.92 Å². The van der Waals surface area contributed by atoms with Crippen molar-refractivity contribution < 1.29 is 41.4 Å². The van der Waals surface area contributed by atoms with Crippen molar-refractivity contribution in [3.05, 3.63) is 94.8 Å². The van der Waals surface area contributed by atoms with Gasteiger partial charge in [0.1, 0.15) is 11.5 Å². The van der Waals surface area contributed by atoms with Crippen LogP contribution in [0.5, 0.6) is 5.75 Å². The monoisotopic (exact) mass is 542 g/mol. The number of aryl methyl sites for hydroxylation is 2. The van der Waals surface area contributed by atoms with Crippen molar-refractivity contribution in [3.8, 4) is 17.2 Å². The van der Waals surface area contributed by atoms with Gasteiger partial charge in [0.15, 0.2) is 5.76 Å². The number of ether oxygens (including phenoxy) is 1. The number of carboxylic acid groups (broad SMARTS) is 1. The summed E-state index contributed by atoms with van der Waals surface area (Å²) in [5.74, 6) is -1.96. The fraction of sp³-hybridized carbons (Fsp3) is 0.250. The number of alkyl halides is 3. The molecule has 0 aliphatic carbocycles. The zero-order valence-corrected chi connectivity index (χ0v) is 20.9. The predicted octanol–water partition coefficient (Wildman–Crippen LogP) is 5.83. The molecular formula is C28H25F3N2O6. The summed E-state index contributed by atoms with van der Waals surface area (Å²) in [6.07, 6.45) is -4.11. The zero-order chi connectivity index (χ0) is 28.0. The lowest BCUT2D eigenvalue weighted by molar-refractivity contribution is -0.153. The number of nitrogens with one attached hydrogen (secondary N) is 1. The second kappa shape index (κ2) is 11.9. The second-order valence-electron chi connectivity index (χ2n) is 8.67. The summed E-state index contributed by atoms with van der Waals surface area (Å²) in [4.78, 5) is 27.9. The molecular weight excluding hydrogens is 517 g/mol. The molecule has 0 spiro atoms. The highest BCUT2D eigenvalue weighted by Gasteiger charge is 2.35. The van der Waals surface area contributed by atoms with Crippen molar-refractivity contribution in [1.29, 1.82) is 0 Å². The van der Waals surface area contributed by atoms with E-state index in [4.69, 9.17) is 14.3 Å². The van der Waals surface area contributed by atoms with Crippen LogP contribution in [-0.2, 0) is 30.4 Å². The Kier molecular flexibility index (Phi) is 8.38. The summed E-state index contributed by atoms with van der Waals surface area (Å²) in [7, 11) is 0. The fourth-order valence-electron chi connectivity index (χ4n) is 3.82. The van der Waals surface area contributed by atoms with E-state index in [9.17, 15) is 22.8 Å². The third-order valence-electron chi connectivity index (χ3n) is 5.81. The molecule has 2 N–H and O–H groups in total.